The number of rotatable bonds is 2. The van der Waals surface area contributed by atoms with Crippen LogP contribution in [0.1, 0.15) is 16.1 Å². The van der Waals surface area contributed by atoms with Crippen molar-refractivity contribution < 1.29 is 9.59 Å². The van der Waals surface area contributed by atoms with E-state index in [0.29, 0.717) is 26.2 Å². The average molecular weight is 285 g/mol. The molecule has 5 nitrogen and oxygen atoms in total. The number of aryl methyl sites for hydroxylation is 1. The number of para-hydroxylation sites is 1. The van der Waals surface area contributed by atoms with E-state index in [0.717, 1.165) is 28.6 Å². The first kappa shape index (κ1) is 13.7. The lowest BCUT2D eigenvalue weighted by molar-refractivity contribution is -0.119. The summed E-state index contributed by atoms with van der Waals surface area (Å²) in [5.74, 6) is 0.0647. The fourth-order valence-electron chi connectivity index (χ4n) is 2.98. The van der Waals surface area contributed by atoms with Gasteiger partial charge in [0, 0.05) is 49.8 Å². The van der Waals surface area contributed by atoms with Gasteiger partial charge in [-0.2, -0.15) is 0 Å². The summed E-state index contributed by atoms with van der Waals surface area (Å²) in [5, 5.41) is 1.00. The van der Waals surface area contributed by atoms with Crippen LogP contribution in [-0.2, 0) is 11.8 Å². The van der Waals surface area contributed by atoms with Gasteiger partial charge in [0.1, 0.15) is 0 Å². The van der Waals surface area contributed by atoms with E-state index >= 15 is 0 Å². The SMILES string of the molecule is Cc1c(C(=O)N2CCN(C=O)CC2)c2ccccc2n1C. The van der Waals surface area contributed by atoms with Crippen molar-refractivity contribution >= 4 is 23.2 Å². The molecule has 21 heavy (non-hydrogen) atoms. The zero-order valence-electron chi connectivity index (χ0n) is 12.4. The van der Waals surface area contributed by atoms with Crippen LogP contribution in [0.2, 0.25) is 0 Å². The van der Waals surface area contributed by atoms with Crippen molar-refractivity contribution in [1.82, 2.24) is 14.4 Å². The van der Waals surface area contributed by atoms with Gasteiger partial charge in [0.25, 0.3) is 5.91 Å². The number of fused-ring (bicyclic) bond motifs is 1. The molecule has 0 aliphatic carbocycles. The number of hydrogen-bond acceptors (Lipinski definition) is 2. The number of benzene rings is 1. The summed E-state index contributed by atoms with van der Waals surface area (Å²) in [6, 6.07) is 7.97. The third kappa shape index (κ3) is 2.18. The molecule has 0 saturated carbocycles. The second kappa shape index (κ2) is 5.24. The summed E-state index contributed by atoms with van der Waals surface area (Å²) < 4.78 is 2.06. The molecule has 0 spiro atoms. The first-order valence-electron chi connectivity index (χ1n) is 7.16. The number of nitrogens with zero attached hydrogens (tertiary/aromatic N) is 3. The summed E-state index contributed by atoms with van der Waals surface area (Å²) in [7, 11) is 1.98. The smallest absolute Gasteiger partial charge is 0.256 e. The molecular formula is C16H19N3O2. The Hall–Kier alpha value is -2.30. The average Bonchev–Trinajstić information content (AvgIpc) is 2.79. The highest BCUT2D eigenvalue weighted by Gasteiger charge is 2.25. The molecule has 110 valence electrons. The van der Waals surface area contributed by atoms with Gasteiger partial charge in [-0.25, -0.2) is 0 Å². The Kier molecular flexibility index (Phi) is 3.41. The fraction of sp³-hybridized carbons (Fsp3) is 0.375. The Balaban J connectivity index is 1.95. The Labute approximate surface area is 123 Å². The minimum Gasteiger partial charge on any atom is -0.347 e. The van der Waals surface area contributed by atoms with E-state index in [2.05, 4.69) is 4.57 Å². The monoisotopic (exact) mass is 285 g/mol. The summed E-state index contributed by atoms with van der Waals surface area (Å²) in [5.41, 5.74) is 2.84. The molecule has 1 saturated heterocycles. The van der Waals surface area contributed by atoms with Crippen LogP contribution in [0, 0.1) is 6.92 Å². The van der Waals surface area contributed by atoms with E-state index < -0.39 is 0 Å². The molecule has 0 N–H and O–H groups in total. The molecule has 0 unspecified atom stereocenters. The second-order valence-corrected chi connectivity index (χ2v) is 5.47. The van der Waals surface area contributed by atoms with E-state index in [-0.39, 0.29) is 5.91 Å². The molecule has 5 heteroatoms. The Morgan fingerprint density at radius 1 is 1.14 bits per heavy atom. The lowest BCUT2D eigenvalue weighted by atomic mass is 10.1. The molecule has 3 rings (SSSR count). The normalized spacial score (nSPS) is 15.5. The van der Waals surface area contributed by atoms with E-state index in [1.165, 1.54) is 0 Å². The van der Waals surface area contributed by atoms with Gasteiger partial charge >= 0.3 is 0 Å². The van der Waals surface area contributed by atoms with Gasteiger partial charge in [0.2, 0.25) is 6.41 Å². The number of aromatic nitrogens is 1. The van der Waals surface area contributed by atoms with Crippen molar-refractivity contribution in [3.8, 4) is 0 Å². The quantitative estimate of drug-likeness (QED) is 0.783. The number of piperazine rings is 1. The lowest BCUT2D eigenvalue weighted by Gasteiger charge is -2.32. The Bertz CT molecular complexity index is 697. The van der Waals surface area contributed by atoms with Crippen molar-refractivity contribution in [2.75, 3.05) is 26.2 Å². The maximum absolute atomic E-state index is 12.8. The number of carbonyl (C=O) groups is 2. The van der Waals surface area contributed by atoms with Gasteiger partial charge in [-0.15, -0.1) is 0 Å². The molecule has 0 bridgehead atoms. The molecule has 2 amide bonds. The first-order valence-corrected chi connectivity index (χ1v) is 7.16. The topological polar surface area (TPSA) is 45.6 Å². The maximum Gasteiger partial charge on any atom is 0.256 e. The van der Waals surface area contributed by atoms with Crippen LogP contribution in [0.3, 0.4) is 0 Å². The van der Waals surface area contributed by atoms with Crippen LogP contribution in [0.25, 0.3) is 10.9 Å². The summed E-state index contributed by atoms with van der Waals surface area (Å²) in [6.07, 6.45) is 0.852. The third-order valence-electron chi connectivity index (χ3n) is 4.36. The van der Waals surface area contributed by atoms with Gasteiger partial charge < -0.3 is 14.4 Å². The van der Waals surface area contributed by atoms with Crippen molar-refractivity contribution in [3.63, 3.8) is 0 Å². The maximum atomic E-state index is 12.8. The van der Waals surface area contributed by atoms with E-state index in [9.17, 15) is 9.59 Å². The van der Waals surface area contributed by atoms with Gasteiger partial charge in [0.15, 0.2) is 0 Å². The molecule has 2 aromatic rings. The van der Waals surface area contributed by atoms with Gasteiger partial charge in [0.05, 0.1) is 5.56 Å². The minimum atomic E-state index is 0.0647. The van der Waals surface area contributed by atoms with Gasteiger partial charge in [-0.3, -0.25) is 9.59 Å². The molecule has 0 radical (unpaired) electrons. The van der Waals surface area contributed by atoms with Crippen molar-refractivity contribution in [2.24, 2.45) is 7.05 Å². The third-order valence-corrected chi connectivity index (χ3v) is 4.36. The molecular weight excluding hydrogens is 266 g/mol. The highest BCUT2D eigenvalue weighted by molar-refractivity contribution is 6.08. The molecule has 1 aliphatic rings. The molecule has 2 heterocycles. The highest BCUT2D eigenvalue weighted by atomic mass is 16.2. The second-order valence-electron chi connectivity index (χ2n) is 5.47. The molecule has 1 aromatic carbocycles. The standard InChI is InChI=1S/C16H19N3O2/c1-12-15(13-5-3-4-6-14(13)17(12)2)16(21)19-9-7-18(11-20)8-10-19/h3-6,11H,7-10H2,1-2H3. The van der Waals surface area contributed by atoms with Crippen LogP contribution in [0.5, 0.6) is 0 Å². The van der Waals surface area contributed by atoms with Crippen molar-refractivity contribution in [3.05, 3.63) is 35.5 Å². The molecule has 0 atom stereocenters. The van der Waals surface area contributed by atoms with E-state index in [1.54, 1.807) is 4.90 Å². The number of carbonyl (C=O) groups excluding carboxylic acids is 2. The van der Waals surface area contributed by atoms with Gasteiger partial charge in [-0.1, -0.05) is 18.2 Å². The summed E-state index contributed by atoms with van der Waals surface area (Å²) >= 11 is 0. The highest BCUT2D eigenvalue weighted by Crippen LogP contribution is 2.26. The number of hydrogen-bond donors (Lipinski definition) is 0. The van der Waals surface area contributed by atoms with E-state index in [1.807, 2.05) is 43.1 Å². The zero-order chi connectivity index (χ0) is 15.0. The van der Waals surface area contributed by atoms with Crippen LogP contribution >= 0.6 is 0 Å². The lowest BCUT2D eigenvalue weighted by Crippen LogP contribution is -2.48. The number of amides is 2. The van der Waals surface area contributed by atoms with Crippen molar-refractivity contribution in [2.45, 2.75) is 6.92 Å². The first-order chi connectivity index (χ1) is 10.1. The Morgan fingerprint density at radius 2 is 1.81 bits per heavy atom. The van der Waals surface area contributed by atoms with Crippen LogP contribution in [0.15, 0.2) is 24.3 Å². The van der Waals surface area contributed by atoms with Crippen LogP contribution < -0.4 is 0 Å². The predicted octanol–water partition coefficient (Wildman–Crippen LogP) is 1.40. The minimum absolute atomic E-state index is 0.0647. The largest absolute Gasteiger partial charge is 0.347 e. The van der Waals surface area contributed by atoms with Crippen LogP contribution in [0.4, 0.5) is 0 Å². The molecule has 1 fully saturated rings. The fourth-order valence-corrected chi connectivity index (χ4v) is 2.98. The van der Waals surface area contributed by atoms with Crippen LogP contribution in [-0.4, -0.2) is 52.9 Å². The van der Waals surface area contributed by atoms with E-state index in [4.69, 9.17) is 0 Å². The zero-order valence-corrected chi connectivity index (χ0v) is 12.4. The Morgan fingerprint density at radius 3 is 2.48 bits per heavy atom. The molecule has 1 aromatic heterocycles. The summed E-state index contributed by atoms with van der Waals surface area (Å²) in [6.45, 7) is 4.40. The summed E-state index contributed by atoms with van der Waals surface area (Å²) in [4.78, 5) is 27.2. The van der Waals surface area contributed by atoms with Gasteiger partial charge in [-0.05, 0) is 13.0 Å². The van der Waals surface area contributed by atoms with Crippen molar-refractivity contribution in [1.29, 1.82) is 0 Å². The predicted molar refractivity (Wildman–Crippen MR) is 81.2 cm³/mol. The molecule has 1 aliphatic heterocycles.